The Hall–Kier alpha value is -2.10. The van der Waals surface area contributed by atoms with Gasteiger partial charge in [-0.25, -0.2) is 8.42 Å². The SMILES string of the molecule is CCOCCCNC(=O)c1cccc(S(=O)(=O)Nc2ccc(OC)c(Br)c2)c1. The maximum Gasteiger partial charge on any atom is 0.261 e. The molecule has 7 nitrogen and oxygen atoms in total. The largest absolute Gasteiger partial charge is 0.496 e. The summed E-state index contributed by atoms with van der Waals surface area (Å²) >= 11 is 3.32. The van der Waals surface area contributed by atoms with E-state index >= 15 is 0 Å². The van der Waals surface area contributed by atoms with E-state index in [0.29, 0.717) is 42.1 Å². The maximum absolute atomic E-state index is 12.7. The molecule has 2 aromatic rings. The molecular formula is C19H23BrN2O5S. The molecule has 0 aliphatic carbocycles. The normalized spacial score (nSPS) is 11.1. The average molecular weight is 471 g/mol. The van der Waals surface area contributed by atoms with Crippen molar-refractivity contribution in [1.82, 2.24) is 5.32 Å². The molecule has 2 aromatic carbocycles. The van der Waals surface area contributed by atoms with Crippen LogP contribution in [0.25, 0.3) is 0 Å². The van der Waals surface area contributed by atoms with Crippen LogP contribution in [0.5, 0.6) is 5.75 Å². The monoisotopic (exact) mass is 470 g/mol. The molecule has 152 valence electrons. The summed E-state index contributed by atoms with van der Waals surface area (Å²) in [6, 6.07) is 10.7. The Bertz CT molecular complexity index is 918. The summed E-state index contributed by atoms with van der Waals surface area (Å²) in [6.07, 6.45) is 0.686. The first-order valence-electron chi connectivity index (χ1n) is 8.69. The molecule has 0 saturated carbocycles. The van der Waals surface area contributed by atoms with Gasteiger partial charge in [-0.05, 0) is 65.7 Å². The molecule has 0 atom stereocenters. The Morgan fingerprint density at radius 3 is 2.64 bits per heavy atom. The van der Waals surface area contributed by atoms with Crippen LogP contribution in [0.3, 0.4) is 0 Å². The van der Waals surface area contributed by atoms with Crippen molar-refractivity contribution in [2.45, 2.75) is 18.2 Å². The van der Waals surface area contributed by atoms with Gasteiger partial charge in [-0.15, -0.1) is 0 Å². The molecule has 0 bridgehead atoms. The second kappa shape index (κ2) is 10.4. The quantitative estimate of drug-likeness (QED) is 0.518. The molecule has 1 amide bonds. The number of carbonyl (C=O) groups is 1. The van der Waals surface area contributed by atoms with Gasteiger partial charge in [-0.1, -0.05) is 6.07 Å². The molecular weight excluding hydrogens is 448 g/mol. The summed E-state index contributed by atoms with van der Waals surface area (Å²) in [5.41, 5.74) is 0.647. The fraction of sp³-hybridized carbons (Fsp3) is 0.316. The highest BCUT2D eigenvalue weighted by atomic mass is 79.9. The van der Waals surface area contributed by atoms with Gasteiger partial charge in [0.25, 0.3) is 15.9 Å². The van der Waals surface area contributed by atoms with Crippen LogP contribution < -0.4 is 14.8 Å². The number of benzene rings is 2. The van der Waals surface area contributed by atoms with Crippen LogP contribution in [0.1, 0.15) is 23.7 Å². The van der Waals surface area contributed by atoms with Gasteiger partial charge in [0.2, 0.25) is 0 Å². The molecule has 2 N–H and O–H groups in total. The van der Waals surface area contributed by atoms with Crippen molar-refractivity contribution in [2.24, 2.45) is 0 Å². The number of hydrogen-bond donors (Lipinski definition) is 2. The molecule has 0 fully saturated rings. The van der Waals surface area contributed by atoms with Crippen LogP contribution in [-0.2, 0) is 14.8 Å². The second-order valence-corrected chi connectivity index (χ2v) is 8.33. The first-order valence-corrected chi connectivity index (χ1v) is 11.0. The van der Waals surface area contributed by atoms with Crippen LogP contribution >= 0.6 is 15.9 Å². The van der Waals surface area contributed by atoms with Crippen LogP contribution in [-0.4, -0.2) is 41.2 Å². The van der Waals surface area contributed by atoms with E-state index < -0.39 is 10.0 Å². The zero-order valence-corrected chi connectivity index (χ0v) is 18.1. The van der Waals surface area contributed by atoms with Gasteiger partial charge in [0, 0.05) is 25.3 Å². The highest BCUT2D eigenvalue weighted by molar-refractivity contribution is 9.10. The lowest BCUT2D eigenvalue weighted by Crippen LogP contribution is -2.25. The molecule has 9 heteroatoms. The van der Waals surface area contributed by atoms with Crippen LogP contribution in [0.4, 0.5) is 5.69 Å². The summed E-state index contributed by atoms with van der Waals surface area (Å²) in [4.78, 5) is 12.2. The number of halogens is 1. The average Bonchev–Trinajstić information content (AvgIpc) is 2.67. The molecule has 0 aliphatic rings. The lowest BCUT2D eigenvalue weighted by Gasteiger charge is -2.11. The summed E-state index contributed by atoms with van der Waals surface area (Å²) in [7, 11) is -2.32. The van der Waals surface area contributed by atoms with Gasteiger partial charge < -0.3 is 14.8 Å². The molecule has 0 saturated heterocycles. The van der Waals surface area contributed by atoms with Crippen molar-refractivity contribution in [1.29, 1.82) is 0 Å². The molecule has 0 heterocycles. The summed E-state index contributed by atoms with van der Waals surface area (Å²) < 4.78 is 38.8. The van der Waals surface area contributed by atoms with Gasteiger partial charge in [-0.2, -0.15) is 0 Å². The molecule has 28 heavy (non-hydrogen) atoms. The minimum Gasteiger partial charge on any atom is -0.496 e. The first kappa shape index (κ1) is 22.2. The molecule has 0 aromatic heterocycles. The number of hydrogen-bond acceptors (Lipinski definition) is 5. The highest BCUT2D eigenvalue weighted by Crippen LogP contribution is 2.28. The van der Waals surface area contributed by atoms with Crippen molar-refractivity contribution in [2.75, 3.05) is 31.6 Å². The fourth-order valence-corrected chi connectivity index (χ4v) is 4.01. The highest BCUT2D eigenvalue weighted by Gasteiger charge is 2.17. The summed E-state index contributed by atoms with van der Waals surface area (Å²) in [5.74, 6) is 0.256. The summed E-state index contributed by atoms with van der Waals surface area (Å²) in [5, 5.41) is 2.75. The maximum atomic E-state index is 12.7. The predicted octanol–water partition coefficient (Wildman–Crippen LogP) is 3.41. The number of anilines is 1. The molecule has 0 unspecified atom stereocenters. The van der Waals surface area contributed by atoms with Crippen LogP contribution in [0, 0.1) is 0 Å². The van der Waals surface area contributed by atoms with Crippen LogP contribution in [0.15, 0.2) is 51.8 Å². The summed E-state index contributed by atoms with van der Waals surface area (Å²) in [6.45, 7) is 3.55. The van der Waals surface area contributed by atoms with E-state index in [1.54, 1.807) is 24.3 Å². The third kappa shape index (κ3) is 6.22. The minimum atomic E-state index is -3.85. The van der Waals surface area contributed by atoms with Crippen LogP contribution in [0.2, 0.25) is 0 Å². The lowest BCUT2D eigenvalue weighted by molar-refractivity contribution is 0.0944. The van der Waals surface area contributed by atoms with E-state index in [9.17, 15) is 13.2 Å². The number of carbonyl (C=O) groups excluding carboxylic acids is 1. The van der Waals surface area contributed by atoms with E-state index in [4.69, 9.17) is 9.47 Å². The standard InChI is InChI=1S/C19H23BrN2O5S/c1-3-27-11-5-10-21-19(23)14-6-4-7-16(12-14)28(24,25)22-15-8-9-18(26-2)17(20)13-15/h4,6-9,12-13,22H,3,5,10-11H2,1-2H3,(H,21,23). The third-order valence-electron chi connectivity index (χ3n) is 3.77. The predicted molar refractivity (Wildman–Crippen MR) is 111 cm³/mol. The van der Waals surface area contributed by atoms with E-state index in [-0.39, 0.29) is 16.4 Å². The molecule has 2 rings (SSSR count). The third-order valence-corrected chi connectivity index (χ3v) is 5.76. The van der Waals surface area contributed by atoms with Gasteiger partial charge in [0.15, 0.2) is 0 Å². The van der Waals surface area contributed by atoms with Crippen molar-refractivity contribution in [3.63, 3.8) is 0 Å². The van der Waals surface area contributed by atoms with E-state index in [0.717, 1.165) is 0 Å². The number of sulfonamides is 1. The zero-order valence-electron chi connectivity index (χ0n) is 15.7. The van der Waals surface area contributed by atoms with E-state index in [1.165, 1.54) is 25.3 Å². The Kier molecular flexibility index (Phi) is 8.28. The number of ether oxygens (including phenoxy) is 2. The Morgan fingerprint density at radius 2 is 1.96 bits per heavy atom. The van der Waals surface area contributed by atoms with Crippen molar-refractivity contribution >= 4 is 37.5 Å². The van der Waals surface area contributed by atoms with Crippen molar-refractivity contribution < 1.29 is 22.7 Å². The molecule has 0 spiro atoms. The Labute approximate surface area is 173 Å². The zero-order chi connectivity index (χ0) is 20.6. The van der Waals surface area contributed by atoms with Gasteiger partial charge in [0.05, 0.1) is 22.2 Å². The van der Waals surface area contributed by atoms with E-state index in [1.807, 2.05) is 6.92 Å². The molecule has 0 aliphatic heterocycles. The van der Waals surface area contributed by atoms with Gasteiger partial charge in [-0.3, -0.25) is 9.52 Å². The Balaban J connectivity index is 2.08. The van der Waals surface area contributed by atoms with Crippen molar-refractivity contribution in [3.05, 3.63) is 52.5 Å². The van der Waals surface area contributed by atoms with Gasteiger partial charge >= 0.3 is 0 Å². The fourth-order valence-electron chi connectivity index (χ4n) is 2.37. The topological polar surface area (TPSA) is 93.7 Å². The second-order valence-electron chi connectivity index (χ2n) is 5.79. The number of methoxy groups -OCH3 is 1. The number of nitrogens with one attached hydrogen (secondary N) is 2. The van der Waals surface area contributed by atoms with Gasteiger partial charge in [0.1, 0.15) is 5.75 Å². The number of amides is 1. The number of rotatable bonds is 10. The first-order chi connectivity index (χ1) is 13.4. The minimum absolute atomic E-state index is 0.00130. The Morgan fingerprint density at radius 1 is 1.18 bits per heavy atom. The smallest absolute Gasteiger partial charge is 0.261 e. The molecule has 0 radical (unpaired) electrons. The lowest BCUT2D eigenvalue weighted by atomic mass is 10.2. The van der Waals surface area contributed by atoms with E-state index in [2.05, 4.69) is 26.0 Å². The van der Waals surface area contributed by atoms with Crippen molar-refractivity contribution in [3.8, 4) is 5.75 Å².